The van der Waals surface area contributed by atoms with Crippen LogP contribution in [0.4, 0.5) is 30.7 Å². The lowest BCUT2D eigenvalue weighted by atomic mass is 9.68. The van der Waals surface area contributed by atoms with E-state index in [0.29, 0.717) is 23.6 Å². The largest absolute Gasteiger partial charge is 0.458 e. The first-order valence-corrected chi connectivity index (χ1v) is 12.1. The predicted octanol–water partition coefficient (Wildman–Crippen LogP) is 8.92. The molecule has 2 aromatic rings. The highest BCUT2D eigenvalue weighted by molar-refractivity contribution is 5.67. The molecule has 2 fully saturated rings. The van der Waals surface area contributed by atoms with E-state index in [-0.39, 0.29) is 5.92 Å². The van der Waals surface area contributed by atoms with Crippen molar-refractivity contribution in [1.29, 1.82) is 0 Å². The molecule has 0 unspecified atom stereocenters. The van der Waals surface area contributed by atoms with Crippen LogP contribution in [0.2, 0.25) is 0 Å². The topological polar surface area (TPSA) is 0 Å². The molecule has 0 spiro atoms. The third-order valence-corrected chi connectivity index (χ3v) is 7.69. The van der Waals surface area contributed by atoms with Crippen LogP contribution in [0.5, 0.6) is 0 Å². The van der Waals surface area contributed by atoms with Crippen LogP contribution in [0.1, 0.15) is 75.3 Å². The molecule has 0 radical (unpaired) electrons. The van der Waals surface area contributed by atoms with Gasteiger partial charge in [0, 0.05) is 5.92 Å². The summed E-state index contributed by atoms with van der Waals surface area (Å²) in [7, 11) is 0. The van der Waals surface area contributed by atoms with Crippen molar-refractivity contribution < 1.29 is 30.7 Å². The molecule has 0 nitrogen and oxygen atoms in total. The van der Waals surface area contributed by atoms with Gasteiger partial charge >= 0.3 is 6.18 Å². The number of hydrogen-bond donors (Lipinski definition) is 0. The normalized spacial score (nSPS) is 25.1. The van der Waals surface area contributed by atoms with Crippen molar-refractivity contribution >= 4 is 0 Å². The van der Waals surface area contributed by atoms with Crippen LogP contribution < -0.4 is 0 Å². The van der Waals surface area contributed by atoms with Crippen LogP contribution in [0.3, 0.4) is 0 Å². The van der Waals surface area contributed by atoms with Gasteiger partial charge in [0.15, 0.2) is 0 Å². The zero-order chi connectivity index (χ0) is 25.3. The number of benzene rings is 2. The van der Waals surface area contributed by atoms with Crippen LogP contribution in [0, 0.1) is 52.9 Å². The zero-order valence-corrected chi connectivity index (χ0v) is 19.4. The fraction of sp³-hybridized carbons (Fsp3) is 0.500. The molecule has 0 bridgehead atoms. The molecule has 0 N–H and O–H groups in total. The quantitative estimate of drug-likeness (QED) is 0.294. The Morgan fingerprint density at radius 1 is 0.686 bits per heavy atom. The molecule has 0 atom stereocenters. The highest BCUT2D eigenvalue weighted by atomic mass is 19.4. The lowest BCUT2D eigenvalue weighted by Gasteiger charge is -2.37. The maximum absolute atomic E-state index is 15.0. The average molecular weight is 497 g/mol. The predicted molar refractivity (Wildman–Crippen MR) is 120 cm³/mol. The van der Waals surface area contributed by atoms with Crippen molar-refractivity contribution in [3.8, 4) is 23.0 Å². The van der Waals surface area contributed by atoms with E-state index in [2.05, 4.69) is 6.92 Å². The van der Waals surface area contributed by atoms with Crippen LogP contribution in [0.15, 0.2) is 24.3 Å². The van der Waals surface area contributed by atoms with Crippen LogP contribution in [0.25, 0.3) is 11.1 Å². The standard InChI is InChI=1S/C28H27F7/c1-16-2-4-17(5-3-16)18-6-8-19(9-7-18)20-12-25(31)27(26(32)13-20)21-14-23(29)22(24(30)15-21)10-11-28(33,34)35/h12-19H,2-9H2,1H3. The second-order valence-electron chi connectivity index (χ2n) is 10.1. The molecule has 4 rings (SSSR count). The van der Waals surface area contributed by atoms with E-state index >= 15 is 0 Å². The van der Waals surface area contributed by atoms with Gasteiger partial charge in [-0.3, -0.25) is 0 Å². The number of rotatable bonds is 3. The van der Waals surface area contributed by atoms with Gasteiger partial charge in [-0.15, -0.1) is 0 Å². The summed E-state index contributed by atoms with van der Waals surface area (Å²) in [5, 5.41) is 0. The fourth-order valence-corrected chi connectivity index (χ4v) is 5.76. The highest BCUT2D eigenvalue weighted by Gasteiger charge is 2.31. The van der Waals surface area contributed by atoms with Gasteiger partial charge < -0.3 is 0 Å². The number of halogens is 7. The minimum atomic E-state index is -4.93. The molecule has 2 aromatic carbocycles. The van der Waals surface area contributed by atoms with Gasteiger partial charge in [-0.05, 0) is 97.6 Å². The summed E-state index contributed by atoms with van der Waals surface area (Å²) in [6, 6.07) is 3.61. The Balaban J connectivity index is 1.51. The number of hydrogen-bond acceptors (Lipinski definition) is 0. The van der Waals surface area contributed by atoms with Crippen LogP contribution >= 0.6 is 0 Å². The second kappa shape index (κ2) is 10.2. The van der Waals surface area contributed by atoms with E-state index in [0.717, 1.165) is 43.4 Å². The summed E-state index contributed by atoms with van der Waals surface area (Å²) in [5.41, 5.74) is -1.64. The molecule has 2 aliphatic rings. The molecule has 188 valence electrons. The lowest BCUT2D eigenvalue weighted by molar-refractivity contribution is -0.0696. The average Bonchev–Trinajstić information content (AvgIpc) is 2.78. The zero-order valence-electron chi connectivity index (χ0n) is 19.4. The molecule has 35 heavy (non-hydrogen) atoms. The minimum Gasteiger partial charge on any atom is -0.206 e. The summed E-state index contributed by atoms with van der Waals surface area (Å²) in [5.74, 6) is -0.387. The molecule has 0 aliphatic heterocycles. The van der Waals surface area contributed by atoms with E-state index in [9.17, 15) is 30.7 Å². The Morgan fingerprint density at radius 3 is 1.66 bits per heavy atom. The summed E-state index contributed by atoms with van der Waals surface area (Å²) in [6.45, 7) is 2.29. The van der Waals surface area contributed by atoms with E-state index in [1.54, 1.807) is 0 Å². The maximum Gasteiger partial charge on any atom is 0.458 e. The van der Waals surface area contributed by atoms with Gasteiger partial charge in [0.2, 0.25) is 0 Å². The molecule has 7 heteroatoms. The van der Waals surface area contributed by atoms with E-state index in [1.807, 2.05) is 0 Å². The molecule has 0 aromatic heterocycles. The molecule has 2 aliphatic carbocycles. The monoisotopic (exact) mass is 496 g/mol. The molecule has 0 saturated heterocycles. The van der Waals surface area contributed by atoms with Crippen molar-refractivity contribution in [2.75, 3.05) is 0 Å². The van der Waals surface area contributed by atoms with Gasteiger partial charge in [-0.2, -0.15) is 13.2 Å². The van der Waals surface area contributed by atoms with E-state index < -0.39 is 46.1 Å². The lowest BCUT2D eigenvalue weighted by Crippen LogP contribution is -2.24. The Hall–Kier alpha value is -2.49. The van der Waals surface area contributed by atoms with Crippen molar-refractivity contribution in [3.63, 3.8) is 0 Å². The van der Waals surface area contributed by atoms with Gasteiger partial charge in [0.25, 0.3) is 0 Å². The van der Waals surface area contributed by atoms with E-state index in [4.69, 9.17) is 0 Å². The summed E-state index contributed by atoms with van der Waals surface area (Å²) in [4.78, 5) is 0. The second-order valence-corrected chi connectivity index (χ2v) is 10.1. The summed E-state index contributed by atoms with van der Waals surface area (Å²) < 4.78 is 95.2. The van der Waals surface area contributed by atoms with Crippen LogP contribution in [-0.4, -0.2) is 6.18 Å². The smallest absolute Gasteiger partial charge is 0.206 e. The molecule has 0 heterocycles. The molecular formula is C28H27F7. The van der Waals surface area contributed by atoms with E-state index in [1.165, 1.54) is 43.7 Å². The Morgan fingerprint density at radius 2 is 1.17 bits per heavy atom. The first kappa shape index (κ1) is 25.6. The van der Waals surface area contributed by atoms with Crippen molar-refractivity contribution in [2.45, 2.75) is 70.4 Å². The summed E-state index contributed by atoms with van der Waals surface area (Å²) in [6.07, 6.45) is 3.82. The SMILES string of the molecule is CC1CCC(C2CCC(c3cc(F)c(-c4cc(F)c(C#CC(F)(F)F)c(F)c4)c(F)c3)CC2)CC1. The van der Waals surface area contributed by atoms with Crippen molar-refractivity contribution in [1.82, 2.24) is 0 Å². The Kier molecular flexibility index (Phi) is 7.49. The van der Waals surface area contributed by atoms with Crippen molar-refractivity contribution in [2.24, 2.45) is 17.8 Å². The molecular weight excluding hydrogens is 469 g/mol. The maximum atomic E-state index is 15.0. The first-order chi connectivity index (χ1) is 16.5. The number of alkyl halides is 3. The first-order valence-electron chi connectivity index (χ1n) is 12.1. The van der Waals surface area contributed by atoms with Gasteiger partial charge in [-0.25, -0.2) is 17.6 Å². The Bertz CT molecular complexity index is 1080. The fourth-order valence-electron chi connectivity index (χ4n) is 5.76. The minimum absolute atomic E-state index is 0.0142. The van der Waals surface area contributed by atoms with Gasteiger partial charge in [0.05, 0.1) is 11.1 Å². The Labute approximate surface area is 200 Å². The summed E-state index contributed by atoms with van der Waals surface area (Å²) >= 11 is 0. The third-order valence-electron chi connectivity index (χ3n) is 7.69. The highest BCUT2D eigenvalue weighted by Crippen LogP contribution is 2.44. The van der Waals surface area contributed by atoms with Gasteiger partial charge in [0.1, 0.15) is 23.3 Å². The molecule has 2 saturated carbocycles. The van der Waals surface area contributed by atoms with Gasteiger partial charge in [-0.1, -0.05) is 25.7 Å². The van der Waals surface area contributed by atoms with Crippen molar-refractivity contribution in [3.05, 3.63) is 58.7 Å². The third kappa shape index (κ3) is 6.02. The van der Waals surface area contributed by atoms with Crippen LogP contribution in [-0.2, 0) is 0 Å². The molecule has 0 amide bonds.